The van der Waals surface area contributed by atoms with Crippen LogP contribution in [0.15, 0.2) is 18.5 Å². The van der Waals surface area contributed by atoms with E-state index in [9.17, 15) is 4.79 Å². The van der Waals surface area contributed by atoms with Crippen molar-refractivity contribution < 1.29 is 9.90 Å². The van der Waals surface area contributed by atoms with Crippen LogP contribution in [-0.2, 0) is 0 Å². The first-order valence-corrected chi connectivity index (χ1v) is 5.92. The topological polar surface area (TPSA) is 53.4 Å². The van der Waals surface area contributed by atoms with Gasteiger partial charge in [-0.3, -0.25) is 9.78 Å². The van der Waals surface area contributed by atoms with Crippen molar-refractivity contribution in [2.75, 3.05) is 13.7 Å². The van der Waals surface area contributed by atoms with Crippen molar-refractivity contribution in [2.24, 2.45) is 0 Å². The number of hydrogen-bond acceptors (Lipinski definition) is 3. The molecule has 96 valence electrons. The SMILES string of the molecule is CCC(C)N(C)C(=O)c1cncc(C#CCO)c1. The van der Waals surface area contributed by atoms with Crippen molar-refractivity contribution in [3.63, 3.8) is 0 Å². The molecule has 0 aliphatic rings. The molecular formula is C14H18N2O2. The first-order valence-electron chi connectivity index (χ1n) is 5.92. The number of carbonyl (C=O) groups is 1. The van der Waals surface area contributed by atoms with Gasteiger partial charge in [-0.2, -0.15) is 0 Å². The Morgan fingerprint density at radius 2 is 2.28 bits per heavy atom. The Morgan fingerprint density at radius 3 is 2.89 bits per heavy atom. The number of aromatic nitrogens is 1. The average Bonchev–Trinajstić information content (AvgIpc) is 2.42. The fourth-order valence-corrected chi connectivity index (χ4v) is 1.44. The molecule has 4 nitrogen and oxygen atoms in total. The molecule has 0 aliphatic carbocycles. The molecule has 0 aromatic carbocycles. The van der Waals surface area contributed by atoms with Crippen LogP contribution >= 0.6 is 0 Å². The van der Waals surface area contributed by atoms with Crippen LogP contribution in [0.4, 0.5) is 0 Å². The highest BCUT2D eigenvalue weighted by Gasteiger charge is 2.16. The molecule has 1 heterocycles. The van der Waals surface area contributed by atoms with E-state index in [2.05, 4.69) is 16.8 Å². The summed E-state index contributed by atoms with van der Waals surface area (Å²) in [5.41, 5.74) is 1.15. The van der Waals surface area contributed by atoms with Gasteiger partial charge in [0.05, 0.1) is 5.56 Å². The minimum absolute atomic E-state index is 0.0653. The molecule has 1 aromatic heterocycles. The summed E-state index contributed by atoms with van der Waals surface area (Å²) < 4.78 is 0. The molecule has 1 rings (SSSR count). The van der Waals surface area contributed by atoms with Crippen LogP contribution in [0.5, 0.6) is 0 Å². The van der Waals surface area contributed by atoms with E-state index in [1.807, 2.05) is 13.8 Å². The minimum atomic E-state index is -0.203. The Bertz CT molecular complexity index is 474. The van der Waals surface area contributed by atoms with Crippen molar-refractivity contribution in [3.05, 3.63) is 29.6 Å². The standard InChI is InChI=1S/C14H18N2O2/c1-4-11(2)16(3)14(18)13-8-12(6-5-7-17)9-15-10-13/h8-11,17H,4,7H2,1-3H3. The summed E-state index contributed by atoms with van der Waals surface area (Å²) in [6, 6.07) is 1.88. The zero-order chi connectivity index (χ0) is 13.5. The Kier molecular flexibility index (Phi) is 5.34. The van der Waals surface area contributed by atoms with Gasteiger partial charge in [0, 0.05) is 31.0 Å². The van der Waals surface area contributed by atoms with Crippen molar-refractivity contribution in [2.45, 2.75) is 26.3 Å². The highest BCUT2D eigenvalue weighted by atomic mass is 16.2. The van der Waals surface area contributed by atoms with Gasteiger partial charge < -0.3 is 10.0 Å². The van der Waals surface area contributed by atoms with Gasteiger partial charge in [0.2, 0.25) is 0 Å². The Balaban J connectivity index is 2.93. The smallest absolute Gasteiger partial charge is 0.255 e. The fourth-order valence-electron chi connectivity index (χ4n) is 1.44. The molecule has 18 heavy (non-hydrogen) atoms. The van der Waals surface area contributed by atoms with Gasteiger partial charge >= 0.3 is 0 Å². The third-order valence-corrected chi connectivity index (χ3v) is 2.87. The number of rotatable bonds is 3. The number of hydrogen-bond donors (Lipinski definition) is 1. The van der Waals surface area contributed by atoms with Gasteiger partial charge in [-0.15, -0.1) is 0 Å². The lowest BCUT2D eigenvalue weighted by molar-refractivity contribution is 0.0740. The minimum Gasteiger partial charge on any atom is -0.384 e. The zero-order valence-electron chi connectivity index (χ0n) is 11.0. The second-order valence-electron chi connectivity index (χ2n) is 4.10. The molecule has 0 bridgehead atoms. The molecule has 1 amide bonds. The third kappa shape index (κ3) is 3.57. The van der Waals surface area contributed by atoms with E-state index in [1.54, 1.807) is 24.2 Å². The number of carbonyl (C=O) groups excluding carboxylic acids is 1. The second-order valence-corrected chi connectivity index (χ2v) is 4.10. The molecule has 4 heteroatoms. The first kappa shape index (κ1) is 14.2. The monoisotopic (exact) mass is 246 g/mol. The van der Waals surface area contributed by atoms with Crippen LogP contribution in [0.25, 0.3) is 0 Å². The van der Waals surface area contributed by atoms with E-state index in [0.29, 0.717) is 11.1 Å². The van der Waals surface area contributed by atoms with Crippen LogP contribution in [0, 0.1) is 11.8 Å². The molecule has 1 N–H and O–H groups in total. The molecule has 0 saturated carbocycles. The van der Waals surface area contributed by atoms with Crippen LogP contribution in [0.3, 0.4) is 0 Å². The van der Waals surface area contributed by atoms with Crippen LogP contribution in [0.2, 0.25) is 0 Å². The zero-order valence-corrected chi connectivity index (χ0v) is 11.0. The summed E-state index contributed by atoms with van der Waals surface area (Å²) in [5.74, 6) is 5.21. The van der Waals surface area contributed by atoms with Gasteiger partial charge in [-0.05, 0) is 19.4 Å². The Morgan fingerprint density at radius 1 is 1.56 bits per heavy atom. The largest absolute Gasteiger partial charge is 0.384 e. The predicted molar refractivity (Wildman–Crippen MR) is 70.0 cm³/mol. The Hall–Kier alpha value is -1.86. The summed E-state index contributed by atoms with van der Waals surface area (Å²) in [6.07, 6.45) is 4.01. The van der Waals surface area contributed by atoms with Crippen molar-refractivity contribution in [1.82, 2.24) is 9.88 Å². The number of nitrogens with zero attached hydrogens (tertiary/aromatic N) is 2. The summed E-state index contributed by atoms with van der Waals surface area (Å²) in [4.78, 5) is 17.8. The Labute approximate surface area is 108 Å². The quantitative estimate of drug-likeness (QED) is 0.818. The summed E-state index contributed by atoms with van der Waals surface area (Å²) in [5, 5.41) is 8.63. The number of aliphatic hydroxyl groups is 1. The van der Waals surface area contributed by atoms with Gasteiger partial charge in [0.25, 0.3) is 5.91 Å². The average molecular weight is 246 g/mol. The number of aliphatic hydroxyl groups excluding tert-OH is 1. The van der Waals surface area contributed by atoms with E-state index >= 15 is 0 Å². The maximum Gasteiger partial charge on any atom is 0.255 e. The predicted octanol–water partition coefficient (Wildman–Crippen LogP) is 1.30. The molecule has 1 atom stereocenters. The summed E-state index contributed by atoms with van der Waals surface area (Å²) in [6.45, 7) is 3.83. The molecule has 0 fully saturated rings. The highest BCUT2D eigenvalue weighted by Crippen LogP contribution is 2.09. The molecule has 1 aromatic rings. The molecule has 1 unspecified atom stereocenters. The number of amides is 1. The first-order chi connectivity index (χ1) is 8.60. The van der Waals surface area contributed by atoms with E-state index in [0.717, 1.165) is 6.42 Å². The molecule has 0 spiro atoms. The molecule has 0 radical (unpaired) electrons. The summed E-state index contributed by atoms with van der Waals surface area (Å²) in [7, 11) is 1.78. The molecule has 0 aliphatic heterocycles. The maximum absolute atomic E-state index is 12.2. The van der Waals surface area contributed by atoms with E-state index < -0.39 is 0 Å². The van der Waals surface area contributed by atoms with Crippen LogP contribution < -0.4 is 0 Å². The normalized spacial score (nSPS) is 11.3. The van der Waals surface area contributed by atoms with Gasteiger partial charge in [-0.25, -0.2) is 0 Å². The van der Waals surface area contributed by atoms with Crippen LogP contribution in [-0.4, -0.2) is 40.6 Å². The second kappa shape index (κ2) is 6.77. The van der Waals surface area contributed by atoms with E-state index in [1.165, 1.54) is 6.20 Å². The van der Waals surface area contributed by atoms with Crippen molar-refractivity contribution >= 4 is 5.91 Å². The van der Waals surface area contributed by atoms with Crippen molar-refractivity contribution in [3.8, 4) is 11.8 Å². The lowest BCUT2D eigenvalue weighted by atomic mass is 10.1. The van der Waals surface area contributed by atoms with E-state index in [-0.39, 0.29) is 18.6 Å². The maximum atomic E-state index is 12.2. The molecular weight excluding hydrogens is 228 g/mol. The third-order valence-electron chi connectivity index (χ3n) is 2.87. The highest BCUT2D eigenvalue weighted by molar-refractivity contribution is 5.94. The lowest BCUT2D eigenvalue weighted by Gasteiger charge is -2.23. The van der Waals surface area contributed by atoms with Gasteiger partial charge in [0.15, 0.2) is 0 Å². The van der Waals surface area contributed by atoms with Gasteiger partial charge in [0.1, 0.15) is 6.61 Å². The van der Waals surface area contributed by atoms with Gasteiger partial charge in [-0.1, -0.05) is 18.8 Å². The van der Waals surface area contributed by atoms with E-state index in [4.69, 9.17) is 5.11 Å². The van der Waals surface area contributed by atoms with Crippen LogP contribution in [0.1, 0.15) is 36.2 Å². The fraction of sp³-hybridized carbons (Fsp3) is 0.429. The number of pyridine rings is 1. The summed E-state index contributed by atoms with van der Waals surface area (Å²) >= 11 is 0. The van der Waals surface area contributed by atoms with Crippen molar-refractivity contribution in [1.29, 1.82) is 0 Å². The molecule has 0 saturated heterocycles. The lowest BCUT2D eigenvalue weighted by Crippen LogP contribution is -2.34.